The van der Waals surface area contributed by atoms with Crippen LogP contribution in [0.5, 0.6) is 0 Å². The average molecular weight is 630 g/mol. The zero-order valence-electron chi connectivity index (χ0n) is 22.6. The van der Waals surface area contributed by atoms with Gasteiger partial charge in [-0.1, -0.05) is 109 Å². The van der Waals surface area contributed by atoms with E-state index >= 15 is 4.39 Å². The Balaban J connectivity index is 1.81. The number of rotatable bonds is 8. The first-order valence-corrected chi connectivity index (χ1v) is 16.7. The molecule has 1 N–H and O–H groups in total. The molecule has 5 aromatic carbocycles. The lowest BCUT2D eigenvalue weighted by Crippen LogP contribution is -2.48. The lowest BCUT2D eigenvalue weighted by molar-refractivity contribution is 0.328. The highest BCUT2D eigenvalue weighted by Gasteiger charge is 2.64. The third-order valence-corrected chi connectivity index (χ3v) is 12.7. The van der Waals surface area contributed by atoms with Gasteiger partial charge in [0, 0.05) is 15.9 Å². The van der Waals surface area contributed by atoms with Gasteiger partial charge in [0.05, 0.1) is 21.4 Å². The van der Waals surface area contributed by atoms with Crippen LogP contribution < -0.4 is 0 Å². The average Bonchev–Trinajstić information content (AvgIpc) is 3.41. The van der Waals surface area contributed by atoms with Crippen LogP contribution in [0.15, 0.2) is 149 Å². The van der Waals surface area contributed by atoms with Crippen molar-refractivity contribution in [2.45, 2.75) is 20.0 Å². The predicted molar refractivity (Wildman–Crippen MR) is 168 cm³/mol. The standard InChI is InChI=1S/C34H25ClFNO4S2/c35-26-16-12-15-25(23-26)32(31-29-21-10-11-22-30(29)37-33(31)24-13-4-1-5-14-24)34(36,42(38,39)27-17-6-2-7-18-27)43(40,41)28-19-8-3-9-20-28/h1-23,32,37H. The molecule has 1 atom stereocenters. The van der Waals surface area contributed by atoms with Crippen LogP contribution in [0.1, 0.15) is 17.0 Å². The Hall–Kier alpha value is -4.24. The number of hydrogen-bond acceptors (Lipinski definition) is 4. The van der Waals surface area contributed by atoms with E-state index in [9.17, 15) is 16.8 Å². The topological polar surface area (TPSA) is 84.1 Å². The van der Waals surface area contributed by atoms with Crippen molar-refractivity contribution in [2.24, 2.45) is 0 Å². The molecule has 5 nitrogen and oxygen atoms in total. The van der Waals surface area contributed by atoms with E-state index in [1.165, 1.54) is 60.7 Å². The van der Waals surface area contributed by atoms with Crippen molar-refractivity contribution >= 4 is 42.2 Å². The molecule has 0 bridgehead atoms. The maximum absolute atomic E-state index is 18.8. The number of benzene rings is 5. The zero-order chi connectivity index (χ0) is 30.2. The largest absolute Gasteiger partial charge is 0.354 e. The molecule has 0 radical (unpaired) electrons. The molecule has 6 rings (SSSR count). The van der Waals surface area contributed by atoms with Crippen molar-refractivity contribution in [2.75, 3.05) is 0 Å². The third-order valence-electron chi connectivity index (χ3n) is 7.46. The molecule has 0 aliphatic heterocycles. The van der Waals surface area contributed by atoms with Crippen molar-refractivity contribution in [1.29, 1.82) is 0 Å². The van der Waals surface area contributed by atoms with Gasteiger partial charge in [-0.05, 0) is 59.2 Å². The van der Waals surface area contributed by atoms with Gasteiger partial charge in [-0.2, -0.15) is 0 Å². The number of H-pyrrole nitrogens is 1. The molecule has 0 aliphatic carbocycles. The first-order valence-electron chi connectivity index (χ1n) is 13.4. The van der Waals surface area contributed by atoms with Gasteiger partial charge in [0.15, 0.2) is 0 Å². The normalized spacial score (nSPS) is 13.2. The molecule has 43 heavy (non-hydrogen) atoms. The quantitative estimate of drug-likeness (QED) is 0.184. The van der Waals surface area contributed by atoms with Crippen LogP contribution in [-0.2, 0) is 19.7 Å². The van der Waals surface area contributed by atoms with E-state index in [1.807, 2.05) is 6.07 Å². The number of sulfone groups is 2. The molecular formula is C34H25ClFNO4S2. The molecule has 9 heteroatoms. The fraction of sp³-hybridized carbons (Fsp3) is 0.0588. The molecule has 1 aromatic heterocycles. The second kappa shape index (κ2) is 11.1. The molecule has 216 valence electrons. The minimum Gasteiger partial charge on any atom is -0.354 e. The summed E-state index contributed by atoms with van der Waals surface area (Å²) in [6, 6.07) is 35.7. The van der Waals surface area contributed by atoms with Crippen LogP contribution in [0.25, 0.3) is 22.2 Å². The number of alkyl halides is 1. The highest BCUT2D eigenvalue weighted by Crippen LogP contribution is 2.53. The molecule has 0 amide bonds. The van der Waals surface area contributed by atoms with E-state index in [4.69, 9.17) is 11.6 Å². The molecule has 0 saturated heterocycles. The van der Waals surface area contributed by atoms with E-state index < -0.39 is 39.7 Å². The summed E-state index contributed by atoms with van der Waals surface area (Å²) >= 11 is 6.41. The zero-order valence-corrected chi connectivity index (χ0v) is 25.0. The summed E-state index contributed by atoms with van der Waals surface area (Å²) in [5, 5.41) is 0.667. The monoisotopic (exact) mass is 629 g/mol. The van der Waals surface area contributed by atoms with Crippen molar-refractivity contribution in [3.05, 3.63) is 156 Å². The lowest BCUT2D eigenvalue weighted by Gasteiger charge is -2.34. The number of fused-ring (bicyclic) bond motifs is 1. The Kier molecular flexibility index (Phi) is 7.46. The Morgan fingerprint density at radius 1 is 0.628 bits per heavy atom. The summed E-state index contributed by atoms with van der Waals surface area (Å²) in [5.41, 5.74) is 1.85. The van der Waals surface area contributed by atoms with Gasteiger partial charge in [0.25, 0.3) is 0 Å². The predicted octanol–water partition coefficient (Wildman–Crippen LogP) is 8.19. The molecule has 0 saturated carbocycles. The van der Waals surface area contributed by atoms with Crippen molar-refractivity contribution in [3.8, 4) is 11.3 Å². The molecule has 1 heterocycles. The van der Waals surface area contributed by atoms with Gasteiger partial charge in [-0.15, -0.1) is 0 Å². The van der Waals surface area contributed by atoms with Gasteiger partial charge in [0.2, 0.25) is 19.7 Å². The van der Waals surface area contributed by atoms with Crippen LogP contribution in [0.4, 0.5) is 4.39 Å². The van der Waals surface area contributed by atoms with Gasteiger partial charge < -0.3 is 4.98 Å². The summed E-state index contributed by atoms with van der Waals surface area (Å²) in [6.07, 6.45) is 0. The van der Waals surface area contributed by atoms with Crippen LogP contribution >= 0.6 is 11.6 Å². The number of hydrogen-bond donors (Lipinski definition) is 1. The fourth-order valence-electron chi connectivity index (χ4n) is 5.50. The second-order valence-electron chi connectivity index (χ2n) is 10.0. The highest BCUT2D eigenvalue weighted by molar-refractivity contribution is 8.10. The van der Waals surface area contributed by atoms with Gasteiger partial charge in [-0.25, -0.2) is 21.2 Å². The van der Waals surface area contributed by atoms with Crippen LogP contribution in [0, 0.1) is 0 Å². The Morgan fingerprint density at radius 3 is 1.70 bits per heavy atom. The molecule has 0 fully saturated rings. The lowest BCUT2D eigenvalue weighted by atomic mass is 9.88. The summed E-state index contributed by atoms with van der Waals surface area (Å²) in [5.74, 6) is -1.88. The number of aromatic nitrogens is 1. The summed E-state index contributed by atoms with van der Waals surface area (Å²) in [6.45, 7) is 0. The smallest absolute Gasteiger partial charge is 0.328 e. The molecule has 6 aromatic rings. The number of halogens is 2. The maximum Gasteiger partial charge on any atom is 0.328 e. The van der Waals surface area contributed by atoms with E-state index in [-0.39, 0.29) is 16.1 Å². The number of aromatic amines is 1. The Labute approximate surface area is 254 Å². The van der Waals surface area contributed by atoms with Crippen LogP contribution in [0.2, 0.25) is 5.02 Å². The molecular weight excluding hydrogens is 605 g/mol. The van der Waals surface area contributed by atoms with Crippen LogP contribution in [0.3, 0.4) is 0 Å². The highest BCUT2D eigenvalue weighted by atomic mass is 35.5. The third kappa shape index (κ3) is 4.76. The summed E-state index contributed by atoms with van der Waals surface area (Å²) < 4.78 is 73.4. The SMILES string of the molecule is O=S(=O)(c1ccccc1)C(F)(C(c1cccc(Cl)c1)c1c(-c2ccccc2)[nH]c2ccccc12)S(=O)(=O)c1ccccc1. The maximum atomic E-state index is 18.8. The number of para-hydroxylation sites is 1. The first kappa shape index (κ1) is 28.9. The van der Waals surface area contributed by atoms with Crippen molar-refractivity contribution in [1.82, 2.24) is 4.98 Å². The van der Waals surface area contributed by atoms with Gasteiger partial charge in [-0.3, -0.25) is 0 Å². The summed E-state index contributed by atoms with van der Waals surface area (Å²) in [7, 11) is -10.5. The van der Waals surface area contributed by atoms with Crippen molar-refractivity contribution < 1.29 is 21.2 Å². The van der Waals surface area contributed by atoms with Crippen molar-refractivity contribution in [3.63, 3.8) is 0 Å². The van der Waals surface area contributed by atoms with Gasteiger partial charge in [0.1, 0.15) is 0 Å². The minimum atomic E-state index is -5.27. The fourth-order valence-corrected chi connectivity index (χ4v) is 10.2. The Morgan fingerprint density at radius 2 is 1.14 bits per heavy atom. The van der Waals surface area contributed by atoms with E-state index in [2.05, 4.69) is 4.98 Å². The van der Waals surface area contributed by atoms with E-state index in [0.29, 0.717) is 22.2 Å². The molecule has 0 spiro atoms. The molecule has 0 aliphatic rings. The first-order chi connectivity index (χ1) is 20.7. The minimum absolute atomic E-state index is 0.0796. The van der Waals surface area contributed by atoms with E-state index in [0.717, 1.165) is 0 Å². The molecule has 1 unspecified atom stereocenters. The second-order valence-corrected chi connectivity index (χ2v) is 14.9. The van der Waals surface area contributed by atoms with Gasteiger partial charge >= 0.3 is 4.33 Å². The summed E-state index contributed by atoms with van der Waals surface area (Å²) in [4.78, 5) is 2.38. The number of nitrogens with one attached hydrogen (secondary N) is 1. The van der Waals surface area contributed by atoms with E-state index in [1.54, 1.807) is 72.8 Å². The Bertz CT molecular complexity index is 2070. The van der Waals surface area contributed by atoms with Crippen LogP contribution in [-0.4, -0.2) is 26.2 Å².